The van der Waals surface area contributed by atoms with Gasteiger partial charge in [0.1, 0.15) is 17.1 Å². The highest BCUT2D eigenvalue weighted by atomic mass is 35.5. The number of nitrogens with one attached hydrogen (secondary N) is 1. The molecule has 1 unspecified atom stereocenters. The Bertz CT molecular complexity index is 1180. The number of aromatic hydroxyl groups is 1. The number of benzene rings is 2. The minimum absolute atomic E-state index is 0.0264. The Morgan fingerprint density at radius 1 is 1.12 bits per heavy atom. The number of phenols is 1. The minimum atomic E-state index is -0.468. The Morgan fingerprint density at radius 2 is 1.94 bits per heavy atom. The number of fused-ring (bicyclic) bond motifs is 1. The van der Waals surface area contributed by atoms with E-state index in [1.54, 1.807) is 24.1 Å². The van der Waals surface area contributed by atoms with E-state index < -0.39 is 6.04 Å². The maximum absolute atomic E-state index is 13.4. The van der Waals surface area contributed by atoms with Crippen LogP contribution in [0.5, 0.6) is 17.2 Å². The highest BCUT2D eigenvalue weighted by Crippen LogP contribution is 2.46. The summed E-state index contributed by atoms with van der Waals surface area (Å²) in [5.41, 5.74) is 2.80. The summed E-state index contributed by atoms with van der Waals surface area (Å²) in [7, 11) is 1.60. The Balaban J connectivity index is 1.86. The Hall–Kier alpha value is -3.23. The predicted molar refractivity (Wildman–Crippen MR) is 129 cm³/mol. The molecule has 4 rings (SSSR count). The Labute approximate surface area is 203 Å². The van der Waals surface area contributed by atoms with Gasteiger partial charge in [0.15, 0.2) is 11.5 Å². The fourth-order valence-electron chi connectivity index (χ4n) is 4.16. The molecule has 2 N–H and O–H groups in total. The van der Waals surface area contributed by atoms with Crippen LogP contribution in [-0.2, 0) is 4.74 Å². The lowest BCUT2D eigenvalue weighted by Crippen LogP contribution is -2.32. The van der Waals surface area contributed by atoms with E-state index >= 15 is 0 Å². The van der Waals surface area contributed by atoms with Crippen molar-refractivity contribution < 1.29 is 24.1 Å². The van der Waals surface area contributed by atoms with E-state index in [0.717, 1.165) is 12.0 Å². The third-order valence-corrected chi connectivity index (χ3v) is 5.89. The van der Waals surface area contributed by atoms with Crippen molar-refractivity contribution in [2.75, 3.05) is 33.5 Å². The lowest BCUT2D eigenvalue weighted by atomic mass is 9.95. The number of hydrogen-bond donors (Lipinski definition) is 2. The first-order valence-corrected chi connectivity index (χ1v) is 11.6. The molecule has 1 aromatic heterocycles. The van der Waals surface area contributed by atoms with Crippen LogP contribution in [0, 0.1) is 0 Å². The van der Waals surface area contributed by atoms with Gasteiger partial charge in [-0.1, -0.05) is 24.6 Å². The van der Waals surface area contributed by atoms with Crippen LogP contribution in [0.15, 0.2) is 36.4 Å². The number of H-pyrrole nitrogens is 1. The van der Waals surface area contributed by atoms with Crippen LogP contribution < -0.4 is 9.47 Å². The zero-order valence-electron chi connectivity index (χ0n) is 19.4. The van der Waals surface area contributed by atoms with Crippen LogP contribution >= 0.6 is 11.6 Å². The largest absolute Gasteiger partial charge is 0.507 e. The van der Waals surface area contributed by atoms with Crippen LogP contribution in [0.1, 0.15) is 47.9 Å². The molecule has 0 aliphatic carbocycles. The maximum Gasteiger partial charge on any atom is 0.273 e. The van der Waals surface area contributed by atoms with Crippen molar-refractivity contribution in [3.05, 3.63) is 58.2 Å². The van der Waals surface area contributed by atoms with Crippen molar-refractivity contribution in [2.45, 2.75) is 26.3 Å². The highest BCUT2D eigenvalue weighted by molar-refractivity contribution is 6.31. The number of carbonyl (C=O) groups is 1. The molecular formula is C25H28ClN3O5. The molecule has 0 bridgehead atoms. The van der Waals surface area contributed by atoms with Crippen molar-refractivity contribution in [3.63, 3.8) is 0 Å². The van der Waals surface area contributed by atoms with Gasteiger partial charge in [-0.05, 0) is 49.2 Å². The molecule has 0 fully saturated rings. The van der Waals surface area contributed by atoms with E-state index in [1.165, 1.54) is 6.07 Å². The lowest BCUT2D eigenvalue weighted by Gasteiger charge is -2.27. The monoisotopic (exact) mass is 485 g/mol. The van der Waals surface area contributed by atoms with Crippen molar-refractivity contribution in [3.8, 4) is 28.5 Å². The van der Waals surface area contributed by atoms with Crippen LogP contribution in [-0.4, -0.2) is 59.6 Å². The predicted octanol–water partition coefficient (Wildman–Crippen LogP) is 4.81. The smallest absolute Gasteiger partial charge is 0.273 e. The number of aromatic nitrogens is 2. The van der Waals surface area contributed by atoms with Gasteiger partial charge in [0.05, 0.1) is 25.9 Å². The van der Waals surface area contributed by atoms with E-state index in [9.17, 15) is 9.90 Å². The van der Waals surface area contributed by atoms with Crippen LogP contribution in [0.3, 0.4) is 0 Å². The van der Waals surface area contributed by atoms with Gasteiger partial charge in [-0.2, -0.15) is 5.10 Å². The number of phenolic OH excluding ortho intramolecular Hbond substituents is 1. The number of halogens is 1. The number of nitrogens with zero attached hydrogens (tertiary/aromatic N) is 2. The summed E-state index contributed by atoms with van der Waals surface area (Å²) in [5.74, 6) is 1.09. The van der Waals surface area contributed by atoms with Gasteiger partial charge in [-0.25, -0.2) is 0 Å². The number of methoxy groups -OCH3 is 1. The molecule has 1 aliphatic rings. The topological polar surface area (TPSA) is 96.9 Å². The van der Waals surface area contributed by atoms with E-state index in [-0.39, 0.29) is 11.7 Å². The summed E-state index contributed by atoms with van der Waals surface area (Å²) in [5, 5.41) is 18.3. The summed E-state index contributed by atoms with van der Waals surface area (Å²) in [6, 6.07) is 9.98. The summed E-state index contributed by atoms with van der Waals surface area (Å²) in [6.07, 6.45) is 0.875. The SMILES string of the molecule is CCCOc1ccc(C2c3c(-c4cc(Cl)ccc4O)n[nH]c3C(=O)N2CCOC)cc1OCC. The molecule has 2 aromatic carbocycles. The van der Waals surface area contributed by atoms with Crippen molar-refractivity contribution in [1.82, 2.24) is 15.1 Å². The average molecular weight is 486 g/mol. The van der Waals surface area contributed by atoms with Crippen LogP contribution in [0.4, 0.5) is 0 Å². The first kappa shape index (κ1) is 23.9. The molecule has 2 heterocycles. The summed E-state index contributed by atoms with van der Waals surface area (Å²) < 4.78 is 17.0. The number of aromatic amines is 1. The first-order valence-electron chi connectivity index (χ1n) is 11.3. The Morgan fingerprint density at radius 3 is 2.68 bits per heavy atom. The molecule has 0 radical (unpaired) electrons. The average Bonchev–Trinajstić information content (AvgIpc) is 3.37. The molecule has 180 valence electrons. The quantitative estimate of drug-likeness (QED) is 0.427. The van der Waals surface area contributed by atoms with Gasteiger partial charge in [-0.15, -0.1) is 0 Å². The fourth-order valence-corrected chi connectivity index (χ4v) is 4.33. The van der Waals surface area contributed by atoms with Gasteiger partial charge in [0.2, 0.25) is 0 Å². The second kappa shape index (κ2) is 10.4. The molecule has 1 atom stereocenters. The first-order chi connectivity index (χ1) is 16.5. The van der Waals surface area contributed by atoms with E-state index in [2.05, 4.69) is 10.2 Å². The molecule has 34 heavy (non-hydrogen) atoms. The normalized spacial score (nSPS) is 15.0. The maximum atomic E-state index is 13.4. The standard InChI is InChI=1S/C25H28ClN3O5/c1-4-11-34-19-9-6-15(13-20(19)33-5-2)24-21-22(17-14-16(26)7-8-18(17)30)27-28-23(21)25(31)29(24)10-12-32-3/h6-9,13-14,24,30H,4-5,10-12H2,1-3H3,(H,27,28). The van der Waals surface area contributed by atoms with Crippen molar-refractivity contribution >= 4 is 17.5 Å². The minimum Gasteiger partial charge on any atom is -0.507 e. The molecule has 1 aliphatic heterocycles. The second-order valence-corrected chi connectivity index (χ2v) is 8.34. The zero-order chi connectivity index (χ0) is 24.2. The van der Waals surface area contributed by atoms with E-state index in [0.29, 0.717) is 65.4 Å². The molecule has 3 aromatic rings. The molecular weight excluding hydrogens is 458 g/mol. The number of rotatable bonds is 10. The highest BCUT2D eigenvalue weighted by Gasteiger charge is 2.42. The lowest BCUT2D eigenvalue weighted by molar-refractivity contribution is 0.0677. The molecule has 0 saturated heterocycles. The number of carbonyl (C=O) groups excluding carboxylic acids is 1. The van der Waals surface area contributed by atoms with Gasteiger partial charge in [0, 0.05) is 29.8 Å². The second-order valence-electron chi connectivity index (χ2n) is 7.90. The number of hydrogen-bond acceptors (Lipinski definition) is 6. The van der Waals surface area contributed by atoms with Crippen molar-refractivity contribution in [2.24, 2.45) is 0 Å². The molecule has 8 nitrogen and oxygen atoms in total. The molecule has 0 saturated carbocycles. The van der Waals surface area contributed by atoms with Gasteiger partial charge < -0.3 is 24.2 Å². The van der Waals surface area contributed by atoms with Gasteiger partial charge >= 0.3 is 0 Å². The number of amides is 1. The van der Waals surface area contributed by atoms with Crippen LogP contribution in [0.25, 0.3) is 11.3 Å². The van der Waals surface area contributed by atoms with E-state index in [4.69, 9.17) is 25.8 Å². The van der Waals surface area contributed by atoms with Gasteiger partial charge in [-0.3, -0.25) is 9.89 Å². The third kappa shape index (κ3) is 4.43. The van der Waals surface area contributed by atoms with Crippen LogP contribution in [0.2, 0.25) is 5.02 Å². The summed E-state index contributed by atoms with van der Waals surface area (Å²) in [4.78, 5) is 15.1. The summed E-state index contributed by atoms with van der Waals surface area (Å²) in [6.45, 7) is 5.75. The van der Waals surface area contributed by atoms with Gasteiger partial charge in [0.25, 0.3) is 5.91 Å². The van der Waals surface area contributed by atoms with Crippen molar-refractivity contribution in [1.29, 1.82) is 0 Å². The molecule has 0 spiro atoms. The zero-order valence-corrected chi connectivity index (χ0v) is 20.2. The molecule has 9 heteroatoms. The Kier molecular flexibility index (Phi) is 7.29. The third-order valence-electron chi connectivity index (χ3n) is 5.66. The molecule has 1 amide bonds. The number of ether oxygens (including phenoxy) is 3. The van der Waals surface area contributed by atoms with E-state index in [1.807, 2.05) is 32.0 Å². The summed E-state index contributed by atoms with van der Waals surface area (Å²) >= 11 is 6.21. The fraction of sp³-hybridized carbons (Fsp3) is 0.360.